The Balaban J connectivity index is 2.12. The van der Waals surface area contributed by atoms with Crippen LogP contribution in [0.2, 0.25) is 0 Å². The van der Waals surface area contributed by atoms with Crippen LogP contribution >= 0.6 is 0 Å². The highest BCUT2D eigenvalue weighted by molar-refractivity contribution is 5.70. The van der Waals surface area contributed by atoms with E-state index in [1.54, 1.807) is 12.1 Å². The second-order valence-corrected chi connectivity index (χ2v) is 6.89. The van der Waals surface area contributed by atoms with E-state index in [2.05, 4.69) is 25.3 Å². The van der Waals surface area contributed by atoms with Crippen LogP contribution in [0.4, 0.5) is 4.39 Å². The lowest BCUT2D eigenvalue weighted by molar-refractivity contribution is 0.163. The van der Waals surface area contributed by atoms with Crippen LogP contribution < -0.4 is 0 Å². The van der Waals surface area contributed by atoms with E-state index in [1.807, 2.05) is 20.0 Å². The maximum atomic E-state index is 14.3. The third-order valence-electron chi connectivity index (χ3n) is 5.20. The van der Waals surface area contributed by atoms with Gasteiger partial charge in [-0.1, -0.05) is 32.6 Å². The van der Waals surface area contributed by atoms with E-state index < -0.39 is 0 Å². The molecule has 122 valence electrons. The Morgan fingerprint density at radius 2 is 1.91 bits per heavy atom. The Morgan fingerprint density at radius 1 is 1.23 bits per heavy atom. The largest absolute Gasteiger partial charge is 0.393 e. The minimum absolute atomic E-state index is 0.0627. The van der Waals surface area contributed by atoms with Gasteiger partial charge in [0.1, 0.15) is 5.82 Å². The van der Waals surface area contributed by atoms with Crippen LogP contribution in [0.3, 0.4) is 0 Å². The zero-order valence-corrected chi connectivity index (χ0v) is 14.1. The molecule has 1 aromatic rings. The van der Waals surface area contributed by atoms with Gasteiger partial charge in [0.15, 0.2) is 0 Å². The highest BCUT2D eigenvalue weighted by Gasteiger charge is 2.34. The molecular formula is C19H28FNO. The number of hydrogen-bond acceptors (Lipinski definition) is 2. The lowest BCUT2D eigenvalue weighted by Crippen LogP contribution is -2.21. The van der Waals surface area contributed by atoms with Crippen molar-refractivity contribution in [1.82, 2.24) is 4.90 Å². The molecule has 0 saturated carbocycles. The summed E-state index contributed by atoms with van der Waals surface area (Å²) in [4.78, 5) is 2.10. The van der Waals surface area contributed by atoms with Gasteiger partial charge >= 0.3 is 0 Å². The number of aliphatic hydroxyl groups is 1. The minimum Gasteiger partial charge on any atom is -0.393 e. The molecule has 0 aliphatic carbocycles. The topological polar surface area (TPSA) is 23.5 Å². The van der Waals surface area contributed by atoms with E-state index >= 15 is 0 Å². The van der Waals surface area contributed by atoms with Gasteiger partial charge in [0, 0.05) is 23.9 Å². The molecule has 0 spiro atoms. The number of rotatable bonds is 6. The van der Waals surface area contributed by atoms with Crippen molar-refractivity contribution in [3.05, 3.63) is 41.7 Å². The standard InChI is InChI=1S/C19H28FNO/c1-12(9-10-14(3)22)13(2)11-18-19-16(15(4)21(18)5)7-6-8-17(19)20/h6-8,12-14,18,22H,4,9-11H2,1-3,5H3. The van der Waals surface area contributed by atoms with Gasteiger partial charge in [-0.15, -0.1) is 0 Å². The highest BCUT2D eigenvalue weighted by atomic mass is 19.1. The average molecular weight is 305 g/mol. The number of hydrogen-bond donors (Lipinski definition) is 1. The first-order valence-corrected chi connectivity index (χ1v) is 8.21. The Labute approximate surface area is 133 Å². The van der Waals surface area contributed by atoms with E-state index in [0.717, 1.165) is 36.1 Å². The third-order valence-corrected chi connectivity index (χ3v) is 5.20. The summed E-state index contributed by atoms with van der Waals surface area (Å²) < 4.78 is 14.3. The van der Waals surface area contributed by atoms with Crippen molar-refractivity contribution in [3.8, 4) is 0 Å². The molecule has 1 aliphatic rings. The van der Waals surface area contributed by atoms with Crippen molar-refractivity contribution in [2.24, 2.45) is 11.8 Å². The van der Waals surface area contributed by atoms with Crippen LogP contribution in [0, 0.1) is 17.7 Å². The van der Waals surface area contributed by atoms with Gasteiger partial charge in [0.05, 0.1) is 12.1 Å². The second kappa shape index (κ2) is 6.82. The van der Waals surface area contributed by atoms with Crippen LogP contribution in [0.25, 0.3) is 5.70 Å². The lowest BCUT2D eigenvalue weighted by Gasteiger charge is -2.29. The van der Waals surface area contributed by atoms with E-state index in [0.29, 0.717) is 11.8 Å². The van der Waals surface area contributed by atoms with Gasteiger partial charge < -0.3 is 10.0 Å². The van der Waals surface area contributed by atoms with Gasteiger partial charge in [-0.25, -0.2) is 4.39 Å². The predicted molar refractivity (Wildman–Crippen MR) is 89.8 cm³/mol. The summed E-state index contributed by atoms with van der Waals surface area (Å²) in [5.41, 5.74) is 2.64. The van der Waals surface area contributed by atoms with Gasteiger partial charge in [-0.05, 0) is 44.1 Å². The molecule has 0 radical (unpaired) electrons. The van der Waals surface area contributed by atoms with Crippen LogP contribution in [0.5, 0.6) is 0 Å². The molecular weight excluding hydrogens is 277 g/mol. The molecule has 3 heteroatoms. The molecule has 0 amide bonds. The van der Waals surface area contributed by atoms with Crippen LogP contribution in [-0.2, 0) is 0 Å². The summed E-state index contributed by atoms with van der Waals surface area (Å²) in [6, 6.07) is 5.32. The maximum absolute atomic E-state index is 14.3. The van der Waals surface area contributed by atoms with Crippen molar-refractivity contribution >= 4 is 5.70 Å². The van der Waals surface area contributed by atoms with Crippen molar-refractivity contribution in [1.29, 1.82) is 0 Å². The summed E-state index contributed by atoms with van der Waals surface area (Å²) in [7, 11) is 2.00. The van der Waals surface area contributed by atoms with Crippen LogP contribution in [0.15, 0.2) is 24.8 Å². The fourth-order valence-corrected chi connectivity index (χ4v) is 3.35. The van der Waals surface area contributed by atoms with Gasteiger partial charge in [0.25, 0.3) is 0 Å². The van der Waals surface area contributed by atoms with Crippen molar-refractivity contribution in [2.45, 2.75) is 52.2 Å². The molecule has 0 aromatic heterocycles. The van der Waals surface area contributed by atoms with E-state index in [9.17, 15) is 9.50 Å². The number of aliphatic hydroxyl groups excluding tert-OH is 1. The summed E-state index contributed by atoms with van der Waals surface area (Å²) in [6.07, 6.45) is 2.48. The molecule has 1 N–H and O–H groups in total. The monoisotopic (exact) mass is 305 g/mol. The lowest BCUT2D eigenvalue weighted by atomic mass is 9.84. The predicted octanol–water partition coefficient (Wildman–Crippen LogP) is 4.61. The number of nitrogens with zero attached hydrogens (tertiary/aromatic N) is 1. The summed E-state index contributed by atoms with van der Waals surface area (Å²) in [5, 5.41) is 9.44. The molecule has 1 aliphatic heterocycles. The van der Waals surface area contributed by atoms with Gasteiger partial charge in [0.2, 0.25) is 0 Å². The second-order valence-electron chi connectivity index (χ2n) is 6.89. The maximum Gasteiger partial charge on any atom is 0.129 e. The van der Waals surface area contributed by atoms with E-state index in [4.69, 9.17) is 0 Å². The first-order chi connectivity index (χ1) is 10.3. The summed E-state index contributed by atoms with van der Waals surface area (Å²) in [6.45, 7) is 10.4. The molecule has 2 nitrogen and oxygen atoms in total. The first kappa shape index (κ1) is 17.0. The fourth-order valence-electron chi connectivity index (χ4n) is 3.35. The zero-order valence-electron chi connectivity index (χ0n) is 14.1. The Morgan fingerprint density at radius 3 is 2.55 bits per heavy atom. The van der Waals surface area contributed by atoms with Gasteiger partial charge in [-0.2, -0.15) is 0 Å². The number of benzene rings is 1. The highest BCUT2D eigenvalue weighted by Crippen LogP contribution is 2.44. The average Bonchev–Trinajstić information content (AvgIpc) is 2.71. The quantitative estimate of drug-likeness (QED) is 0.830. The SMILES string of the molecule is C=C1c2cccc(F)c2C(CC(C)C(C)CCC(C)O)N1C. The molecule has 1 heterocycles. The van der Waals surface area contributed by atoms with Crippen molar-refractivity contribution in [2.75, 3.05) is 7.05 Å². The molecule has 0 saturated heterocycles. The van der Waals surface area contributed by atoms with Crippen LogP contribution in [-0.4, -0.2) is 23.2 Å². The Kier molecular flexibility index (Phi) is 5.28. The normalized spacial score (nSPS) is 21.6. The first-order valence-electron chi connectivity index (χ1n) is 8.21. The molecule has 1 aromatic carbocycles. The van der Waals surface area contributed by atoms with E-state index in [1.165, 1.54) is 0 Å². The Bertz CT molecular complexity index is 540. The zero-order chi connectivity index (χ0) is 16.4. The summed E-state index contributed by atoms with van der Waals surface area (Å²) >= 11 is 0. The van der Waals surface area contributed by atoms with Crippen molar-refractivity contribution in [3.63, 3.8) is 0 Å². The number of halogens is 1. The Hall–Kier alpha value is -1.35. The smallest absolute Gasteiger partial charge is 0.129 e. The number of fused-ring (bicyclic) bond motifs is 1. The molecule has 0 fully saturated rings. The molecule has 22 heavy (non-hydrogen) atoms. The molecule has 0 bridgehead atoms. The van der Waals surface area contributed by atoms with Crippen molar-refractivity contribution < 1.29 is 9.50 Å². The minimum atomic E-state index is -0.248. The van der Waals surface area contributed by atoms with Crippen LogP contribution in [0.1, 0.15) is 57.2 Å². The van der Waals surface area contributed by atoms with E-state index in [-0.39, 0.29) is 18.0 Å². The third kappa shape index (κ3) is 3.35. The molecule has 4 atom stereocenters. The fraction of sp³-hybridized carbons (Fsp3) is 0.579. The molecule has 4 unspecified atom stereocenters. The molecule has 2 rings (SSSR count). The van der Waals surface area contributed by atoms with Gasteiger partial charge in [-0.3, -0.25) is 0 Å². The summed E-state index contributed by atoms with van der Waals surface area (Å²) in [5.74, 6) is 0.841.